The van der Waals surface area contributed by atoms with E-state index in [-0.39, 0.29) is 0 Å². The van der Waals surface area contributed by atoms with E-state index in [1.54, 1.807) is 0 Å². The first-order valence-electron chi connectivity index (χ1n) is 6.69. The highest BCUT2D eigenvalue weighted by atomic mass is 16.2. The SMILES string of the molecule is CCCN(C)C(=O)CC1CC2CCC(C1)N2. The molecule has 2 saturated heterocycles. The summed E-state index contributed by atoms with van der Waals surface area (Å²) in [6.45, 7) is 3.02. The van der Waals surface area contributed by atoms with Gasteiger partial charge in [0.1, 0.15) is 0 Å². The zero-order chi connectivity index (χ0) is 11.5. The normalized spacial score (nSPS) is 32.8. The molecular weight excluding hydrogens is 200 g/mol. The summed E-state index contributed by atoms with van der Waals surface area (Å²) in [7, 11) is 1.93. The van der Waals surface area contributed by atoms with Gasteiger partial charge in [0.25, 0.3) is 0 Å². The number of hydrogen-bond donors (Lipinski definition) is 1. The van der Waals surface area contributed by atoms with Crippen LogP contribution in [0.1, 0.15) is 45.4 Å². The highest BCUT2D eigenvalue weighted by Crippen LogP contribution is 2.32. The molecule has 0 spiro atoms. The lowest BCUT2D eigenvalue weighted by molar-refractivity contribution is -0.131. The maximum Gasteiger partial charge on any atom is 0.222 e. The standard InChI is InChI=1S/C13H24N2O/c1-3-6-15(2)13(16)9-10-7-11-4-5-12(8-10)14-11/h10-12,14H,3-9H2,1-2H3. The van der Waals surface area contributed by atoms with Gasteiger partial charge in [-0.2, -0.15) is 0 Å². The Balaban J connectivity index is 1.79. The summed E-state index contributed by atoms with van der Waals surface area (Å²) >= 11 is 0. The lowest BCUT2D eigenvalue weighted by Gasteiger charge is -2.29. The molecule has 1 amide bonds. The van der Waals surface area contributed by atoms with E-state index >= 15 is 0 Å². The lowest BCUT2D eigenvalue weighted by atomic mass is 9.89. The van der Waals surface area contributed by atoms with Gasteiger partial charge in [-0.15, -0.1) is 0 Å². The predicted octanol–water partition coefficient (Wildman–Crippen LogP) is 1.78. The maximum absolute atomic E-state index is 11.9. The van der Waals surface area contributed by atoms with Crippen molar-refractivity contribution in [3.8, 4) is 0 Å². The van der Waals surface area contributed by atoms with Crippen LogP contribution in [0.25, 0.3) is 0 Å². The van der Waals surface area contributed by atoms with E-state index in [2.05, 4.69) is 12.2 Å². The van der Waals surface area contributed by atoms with Gasteiger partial charge in [-0.1, -0.05) is 6.92 Å². The van der Waals surface area contributed by atoms with Crippen LogP contribution in [0.4, 0.5) is 0 Å². The molecule has 2 bridgehead atoms. The summed E-state index contributed by atoms with van der Waals surface area (Å²) in [5.74, 6) is 0.971. The predicted molar refractivity (Wildman–Crippen MR) is 65.2 cm³/mol. The molecule has 2 heterocycles. The van der Waals surface area contributed by atoms with E-state index in [1.807, 2.05) is 11.9 Å². The van der Waals surface area contributed by atoms with Crippen LogP contribution >= 0.6 is 0 Å². The molecule has 0 aromatic heterocycles. The van der Waals surface area contributed by atoms with Gasteiger partial charge in [0.05, 0.1) is 0 Å². The molecule has 2 rings (SSSR count). The zero-order valence-electron chi connectivity index (χ0n) is 10.5. The van der Waals surface area contributed by atoms with Crippen LogP contribution in [0.5, 0.6) is 0 Å². The molecule has 0 radical (unpaired) electrons. The maximum atomic E-state index is 11.9. The van der Waals surface area contributed by atoms with Crippen LogP contribution in [-0.2, 0) is 4.79 Å². The second-order valence-electron chi connectivity index (χ2n) is 5.49. The van der Waals surface area contributed by atoms with Gasteiger partial charge in [0.15, 0.2) is 0 Å². The van der Waals surface area contributed by atoms with Gasteiger partial charge in [-0.05, 0) is 38.0 Å². The summed E-state index contributed by atoms with van der Waals surface area (Å²) in [4.78, 5) is 13.8. The number of amides is 1. The number of hydrogen-bond acceptors (Lipinski definition) is 2. The van der Waals surface area contributed by atoms with Crippen LogP contribution in [-0.4, -0.2) is 36.5 Å². The Morgan fingerprint density at radius 3 is 2.50 bits per heavy atom. The van der Waals surface area contributed by atoms with E-state index < -0.39 is 0 Å². The summed E-state index contributed by atoms with van der Waals surface area (Å²) in [6.07, 6.45) is 6.88. The third-order valence-electron chi connectivity index (χ3n) is 4.02. The molecular formula is C13H24N2O. The minimum absolute atomic E-state index is 0.341. The van der Waals surface area contributed by atoms with Crippen molar-refractivity contribution in [1.82, 2.24) is 10.2 Å². The Hall–Kier alpha value is -0.570. The van der Waals surface area contributed by atoms with Crippen molar-refractivity contribution in [3.63, 3.8) is 0 Å². The van der Waals surface area contributed by atoms with Crippen molar-refractivity contribution >= 4 is 5.91 Å². The largest absolute Gasteiger partial charge is 0.346 e. The molecule has 92 valence electrons. The summed E-state index contributed by atoms with van der Waals surface area (Å²) in [5.41, 5.74) is 0. The van der Waals surface area contributed by atoms with E-state index in [4.69, 9.17) is 0 Å². The number of nitrogens with zero attached hydrogens (tertiary/aromatic N) is 1. The fourth-order valence-electron chi connectivity index (χ4n) is 3.20. The topological polar surface area (TPSA) is 32.3 Å². The van der Waals surface area contributed by atoms with Crippen LogP contribution in [0, 0.1) is 5.92 Å². The molecule has 1 N–H and O–H groups in total. The fraction of sp³-hybridized carbons (Fsp3) is 0.923. The Kier molecular flexibility index (Phi) is 3.85. The Morgan fingerprint density at radius 1 is 1.31 bits per heavy atom. The van der Waals surface area contributed by atoms with E-state index in [0.29, 0.717) is 23.9 Å². The molecule has 2 aliphatic heterocycles. The molecule has 0 aromatic carbocycles. The second-order valence-corrected chi connectivity index (χ2v) is 5.49. The minimum atomic E-state index is 0.341. The molecule has 2 fully saturated rings. The van der Waals surface area contributed by atoms with Crippen LogP contribution in [0.3, 0.4) is 0 Å². The Bertz CT molecular complexity index is 242. The van der Waals surface area contributed by atoms with Crippen molar-refractivity contribution in [1.29, 1.82) is 0 Å². The quantitative estimate of drug-likeness (QED) is 0.789. The number of nitrogens with one attached hydrogen (secondary N) is 1. The smallest absolute Gasteiger partial charge is 0.222 e. The summed E-state index contributed by atoms with van der Waals surface area (Å²) in [6, 6.07) is 1.40. The van der Waals surface area contributed by atoms with Crippen molar-refractivity contribution < 1.29 is 4.79 Å². The van der Waals surface area contributed by atoms with Crippen molar-refractivity contribution in [2.24, 2.45) is 5.92 Å². The van der Waals surface area contributed by atoms with E-state index in [1.165, 1.54) is 25.7 Å². The second kappa shape index (κ2) is 5.17. The molecule has 3 nitrogen and oxygen atoms in total. The molecule has 0 saturated carbocycles. The van der Waals surface area contributed by atoms with Crippen LogP contribution in [0.15, 0.2) is 0 Å². The highest BCUT2D eigenvalue weighted by Gasteiger charge is 2.34. The first-order chi connectivity index (χ1) is 7.69. The van der Waals surface area contributed by atoms with E-state index in [0.717, 1.165) is 19.4 Å². The monoisotopic (exact) mass is 224 g/mol. The molecule has 3 heteroatoms. The third kappa shape index (κ3) is 2.76. The van der Waals surface area contributed by atoms with Gasteiger partial charge < -0.3 is 10.2 Å². The number of fused-ring (bicyclic) bond motifs is 2. The number of piperidine rings is 1. The van der Waals surface area contributed by atoms with Crippen LogP contribution in [0.2, 0.25) is 0 Å². The average molecular weight is 224 g/mol. The van der Waals surface area contributed by atoms with Gasteiger partial charge in [-0.25, -0.2) is 0 Å². The average Bonchev–Trinajstić information content (AvgIpc) is 2.58. The number of rotatable bonds is 4. The highest BCUT2D eigenvalue weighted by molar-refractivity contribution is 5.76. The van der Waals surface area contributed by atoms with Crippen LogP contribution < -0.4 is 5.32 Å². The van der Waals surface area contributed by atoms with Gasteiger partial charge in [0, 0.05) is 32.1 Å². The molecule has 0 aromatic rings. The number of carbonyl (C=O) groups is 1. The first kappa shape index (κ1) is 11.9. The molecule has 0 aliphatic carbocycles. The van der Waals surface area contributed by atoms with Gasteiger partial charge in [0.2, 0.25) is 5.91 Å². The minimum Gasteiger partial charge on any atom is -0.346 e. The van der Waals surface area contributed by atoms with Gasteiger partial charge in [-0.3, -0.25) is 4.79 Å². The molecule has 2 atom stereocenters. The van der Waals surface area contributed by atoms with Gasteiger partial charge >= 0.3 is 0 Å². The molecule has 16 heavy (non-hydrogen) atoms. The summed E-state index contributed by atoms with van der Waals surface area (Å²) < 4.78 is 0. The summed E-state index contributed by atoms with van der Waals surface area (Å²) in [5, 5.41) is 3.62. The lowest BCUT2D eigenvalue weighted by Crippen LogP contribution is -2.40. The Morgan fingerprint density at radius 2 is 1.94 bits per heavy atom. The van der Waals surface area contributed by atoms with Crippen molar-refractivity contribution in [3.05, 3.63) is 0 Å². The molecule has 2 unspecified atom stereocenters. The van der Waals surface area contributed by atoms with E-state index in [9.17, 15) is 4.79 Å². The molecule has 2 aliphatic rings. The zero-order valence-corrected chi connectivity index (χ0v) is 10.5. The van der Waals surface area contributed by atoms with Crippen molar-refractivity contribution in [2.45, 2.75) is 57.5 Å². The van der Waals surface area contributed by atoms with Crippen molar-refractivity contribution in [2.75, 3.05) is 13.6 Å². The number of carbonyl (C=O) groups excluding carboxylic acids is 1. The Labute approximate surface area is 98.6 Å². The first-order valence-corrected chi connectivity index (χ1v) is 6.69. The fourth-order valence-corrected chi connectivity index (χ4v) is 3.20. The third-order valence-corrected chi connectivity index (χ3v) is 4.02.